The molecule has 0 radical (unpaired) electrons. The monoisotopic (exact) mass is 225 g/mol. The Morgan fingerprint density at radius 2 is 2.19 bits per heavy atom. The lowest BCUT2D eigenvalue weighted by atomic mass is 10.0. The summed E-state index contributed by atoms with van der Waals surface area (Å²) < 4.78 is 0. The zero-order chi connectivity index (χ0) is 11.7. The van der Waals surface area contributed by atoms with Crippen molar-refractivity contribution in [3.63, 3.8) is 0 Å². The van der Waals surface area contributed by atoms with Crippen molar-refractivity contribution in [3.8, 4) is 0 Å². The molecule has 1 saturated heterocycles. The van der Waals surface area contributed by atoms with Gasteiger partial charge < -0.3 is 10.6 Å². The molecule has 16 heavy (non-hydrogen) atoms. The first-order valence-corrected chi connectivity index (χ1v) is 6.31. The van der Waals surface area contributed by atoms with Crippen LogP contribution in [0, 0.1) is 5.92 Å². The number of rotatable bonds is 4. The molecule has 2 aliphatic rings. The second-order valence-corrected chi connectivity index (χ2v) is 5.38. The van der Waals surface area contributed by atoms with Crippen LogP contribution in [0.5, 0.6) is 0 Å². The molecular formula is C12H23N3O. The molecule has 1 saturated carbocycles. The molecule has 92 valence electrons. The van der Waals surface area contributed by atoms with Gasteiger partial charge in [0, 0.05) is 25.7 Å². The highest BCUT2D eigenvalue weighted by Crippen LogP contribution is 2.26. The van der Waals surface area contributed by atoms with E-state index >= 15 is 0 Å². The zero-order valence-corrected chi connectivity index (χ0v) is 10.4. The SMILES string of the molecule is CC(N)C1CCN(CC(=O)N(C)C2CC2)C1. The third-order valence-electron chi connectivity index (χ3n) is 3.90. The van der Waals surface area contributed by atoms with Crippen molar-refractivity contribution >= 4 is 5.91 Å². The Morgan fingerprint density at radius 1 is 1.50 bits per heavy atom. The normalized spacial score (nSPS) is 28.1. The Labute approximate surface area is 97.8 Å². The average molecular weight is 225 g/mol. The molecule has 2 rings (SSSR count). The minimum absolute atomic E-state index is 0.251. The summed E-state index contributed by atoms with van der Waals surface area (Å²) in [4.78, 5) is 16.1. The van der Waals surface area contributed by atoms with Crippen LogP contribution in [-0.4, -0.2) is 54.5 Å². The van der Waals surface area contributed by atoms with E-state index in [9.17, 15) is 4.79 Å². The van der Waals surface area contributed by atoms with Gasteiger partial charge in [0.1, 0.15) is 0 Å². The number of amides is 1. The lowest BCUT2D eigenvalue weighted by Crippen LogP contribution is -2.39. The van der Waals surface area contributed by atoms with Gasteiger partial charge in [-0.15, -0.1) is 0 Å². The van der Waals surface area contributed by atoms with E-state index in [2.05, 4.69) is 11.8 Å². The topological polar surface area (TPSA) is 49.6 Å². The Morgan fingerprint density at radius 3 is 2.69 bits per heavy atom. The molecule has 0 aromatic heterocycles. The molecule has 0 aromatic rings. The van der Waals surface area contributed by atoms with Crippen LogP contribution in [-0.2, 0) is 4.79 Å². The van der Waals surface area contributed by atoms with E-state index in [1.807, 2.05) is 11.9 Å². The van der Waals surface area contributed by atoms with E-state index in [0.717, 1.165) is 19.5 Å². The van der Waals surface area contributed by atoms with Crippen LogP contribution >= 0.6 is 0 Å². The third-order valence-corrected chi connectivity index (χ3v) is 3.90. The number of hydrogen-bond donors (Lipinski definition) is 1. The second-order valence-electron chi connectivity index (χ2n) is 5.38. The molecule has 2 fully saturated rings. The first-order valence-electron chi connectivity index (χ1n) is 6.31. The third kappa shape index (κ3) is 2.74. The highest BCUT2D eigenvalue weighted by atomic mass is 16.2. The number of likely N-dealkylation sites (tertiary alicyclic amines) is 1. The van der Waals surface area contributed by atoms with Gasteiger partial charge in [-0.05, 0) is 38.6 Å². The maximum atomic E-state index is 11.9. The van der Waals surface area contributed by atoms with E-state index in [1.54, 1.807) is 0 Å². The Balaban J connectivity index is 1.75. The van der Waals surface area contributed by atoms with Crippen molar-refractivity contribution in [1.82, 2.24) is 9.80 Å². The summed E-state index contributed by atoms with van der Waals surface area (Å²) in [6.45, 7) is 4.65. The van der Waals surface area contributed by atoms with Crippen molar-refractivity contribution in [1.29, 1.82) is 0 Å². The van der Waals surface area contributed by atoms with Gasteiger partial charge in [0.2, 0.25) is 5.91 Å². The first kappa shape index (κ1) is 11.9. The summed E-state index contributed by atoms with van der Waals surface area (Å²) in [6, 6.07) is 0.778. The summed E-state index contributed by atoms with van der Waals surface area (Å²) in [6.07, 6.45) is 3.51. The lowest BCUT2D eigenvalue weighted by Gasteiger charge is -2.21. The molecule has 2 N–H and O–H groups in total. The van der Waals surface area contributed by atoms with Crippen LogP contribution in [0.2, 0.25) is 0 Å². The minimum atomic E-state index is 0.251. The molecule has 1 aliphatic heterocycles. The van der Waals surface area contributed by atoms with Crippen molar-refractivity contribution in [2.45, 2.75) is 38.3 Å². The van der Waals surface area contributed by atoms with E-state index in [-0.39, 0.29) is 11.9 Å². The highest BCUT2D eigenvalue weighted by molar-refractivity contribution is 5.78. The van der Waals surface area contributed by atoms with Crippen LogP contribution < -0.4 is 5.73 Å². The number of carbonyl (C=O) groups excluding carboxylic acids is 1. The largest absolute Gasteiger partial charge is 0.342 e. The standard InChI is InChI=1S/C12H23N3O/c1-9(13)10-5-6-15(7-10)8-12(16)14(2)11-3-4-11/h9-11H,3-8,13H2,1-2H3. The second kappa shape index (κ2) is 4.72. The maximum absolute atomic E-state index is 11.9. The van der Waals surface area contributed by atoms with Crippen molar-refractivity contribution < 1.29 is 4.79 Å². The predicted molar refractivity (Wildman–Crippen MR) is 64.0 cm³/mol. The number of hydrogen-bond acceptors (Lipinski definition) is 3. The fraction of sp³-hybridized carbons (Fsp3) is 0.917. The van der Waals surface area contributed by atoms with Crippen molar-refractivity contribution in [3.05, 3.63) is 0 Å². The summed E-state index contributed by atoms with van der Waals surface area (Å²) in [5.41, 5.74) is 5.89. The predicted octanol–water partition coefficient (Wildman–Crippen LogP) is 0.276. The van der Waals surface area contributed by atoms with E-state index in [0.29, 0.717) is 18.5 Å². The van der Waals surface area contributed by atoms with Crippen molar-refractivity contribution in [2.24, 2.45) is 11.7 Å². The summed E-state index contributed by atoms with van der Waals surface area (Å²) in [5.74, 6) is 0.840. The molecule has 2 atom stereocenters. The van der Waals surface area contributed by atoms with Gasteiger partial charge in [-0.25, -0.2) is 0 Å². The fourth-order valence-corrected chi connectivity index (χ4v) is 2.40. The molecule has 4 heteroatoms. The minimum Gasteiger partial charge on any atom is -0.342 e. The van der Waals surface area contributed by atoms with Gasteiger partial charge in [0.25, 0.3) is 0 Å². The molecule has 1 aliphatic carbocycles. The smallest absolute Gasteiger partial charge is 0.236 e. The number of carbonyl (C=O) groups is 1. The molecule has 0 bridgehead atoms. The van der Waals surface area contributed by atoms with Gasteiger partial charge >= 0.3 is 0 Å². The summed E-state index contributed by atoms with van der Waals surface area (Å²) in [7, 11) is 1.93. The van der Waals surface area contributed by atoms with Crippen LogP contribution in [0.3, 0.4) is 0 Å². The van der Waals surface area contributed by atoms with Crippen LogP contribution in [0.25, 0.3) is 0 Å². The Hall–Kier alpha value is -0.610. The maximum Gasteiger partial charge on any atom is 0.236 e. The molecule has 4 nitrogen and oxygen atoms in total. The zero-order valence-electron chi connectivity index (χ0n) is 10.4. The molecular weight excluding hydrogens is 202 g/mol. The van der Waals surface area contributed by atoms with E-state index < -0.39 is 0 Å². The fourth-order valence-electron chi connectivity index (χ4n) is 2.40. The van der Waals surface area contributed by atoms with Crippen LogP contribution in [0.4, 0.5) is 0 Å². The Kier molecular flexibility index (Phi) is 3.50. The van der Waals surface area contributed by atoms with Crippen molar-refractivity contribution in [2.75, 3.05) is 26.7 Å². The molecule has 0 aromatic carbocycles. The highest BCUT2D eigenvalue weighted by Gasteiger charge is 2.32. The summed E-state index contributed by atoms with van der Waals surface area (Å²) >= 11 is 0. The number of likely N-dealkylation sites (N-methyl/N-ethyl adjacent to an activating group) is 1. The van der Waals surface area contributed by atoms with E-state index in [4.69, 9.17) is 5.73 Å². The Bertz CT molecular complexity index is 263. The first-order chi connectivity index (χ1) is 7.58. The van der Waals surface area contributed by atoms with Gasteiger partial charge in [-0.1, -0.05) is 0 Å². The van der Waals surface area contributed by atoms with Gasteiger partial charge in [0.15, 0.2) is 0 Å². The molecule has 1 amide bonds. The number of nitrogens with zero attached hydrogens (tertiary/aromatic N) is 2. The quantitative estimate of drug-likeness (QED) is 0.747. The van der Waals surface area contributed by atoms with Gasteiger partial charge in [-0.2, -0.15) is 0 Å². The number of nitrogens with two attached hydrogens (primary N) is 1. The average Bonchev–Trinajstić information content (AvgIpc) is 2.97. The van der Waals surface area contributed by atoms with Gasteiger partial charge in [-0.3, -0.25) is 9.69 Å². The molecule has 2 unspecified atom stereocenters. The van der Waals surface area contributed by atoms with Crippen LogP contribution in [0.1, 0.15) is 26.2 Å². The summed E-state index contributed by atoms with van der Waals surface area (Å²) in [5, 5.41) is 0. The van der Waals surface area contributed by atoms with E-state index in [1.165, 1.54) is 12.8 Å². The van der Waals surface area contributed by atoms with Gasteiger partial charge in [0.05, 0.1) is 6.54 Å². The molecule has 0 spiro atoms. The molecule has 1 heterocycles. The van der Waals surface area contributed by atoms with Crippen LogP contribution in [0.15, 0.2) is 0 Å². The lowest BCUT2D eigenvalue weighted by molar-refractivity contribution is -0.131.